The van der Waals surface area contributed by atoms with Crippen molar-refractivity contribution in [3.05, 3.63) is 22.1 Å². The van der Waals surface area contributed by atoms with Gasteiger partial charge in [0.2, 0.25) is 0 Å². The van der Waals surface area contributed by atoms with Gasteiger partial charge in [-0.1, -0.05) is 19.0 Å². The van der Waals surface area contributed by atoms with Crippen molar-refractivity contribution in [1.82, 2.24) is 0 Å². The van der Waals surface area contributed by atoms with Crippen molar-refractivity contribution >= 4 is 5.97 Å². The normalized spacial score (nSPS) is 41.0. The fraction of sp³-hybridized carbons (Fsp3) is 0.864. The largest absolute Gasteiger partial charge is 0.466 e. The number of rotatable bonds is 5. The van der Waals surface area contributed by atoms with Gasteiger partial charge >= 0.3 is 5.97 Å². The Kier molecular flexibility index (Phi) is 6.78. The number of nitrogens with zero attached hydrogens (tertiary/aromatic N) is 3. The van der Waals surface area contributed by atoms with Gasteiger partial charge < -0.3 is 9.84 Å². The number of hydrogen-bond acceptors (Lipinski definition) is 4. The lowest BCUT2D eigenvalue weighted by atomic mass is 9.49. The molecule has 8 heteroatoms. The van der Waals surface area contributed by atoms with E-state index in [1.54, 1.807) is 0 Å². The van der Waals surface area contributed by atoms with E-state index in [-0.39, 0.29) is 47.2 Å². The van der Waals surface area contributed by atoms with Crippen LogP contribution in [0.1, 0.15) is 65.7 Å². The zero-order valence-electron chi connectivity index (χ0n) is 18.1. The van der Waals surface area contributed by atoms with E-state index >= 15 is 0 Å². The lowest BCUT2D eigenvalue weighted by molar-refractivity contribution is -0.149. The van der Waals surface area contributed by atoms with Crippen molar-refractivity contribution in [2.45, 2.75) is 71.8 Å². The Hall–Kier alpha value is -1.66. The number of aliphatic hydroxyl groups excluding tert-OH is 1. The molecule has 30 heavy (non-hydrogen) atoms. The van der Waals surface area contributed by atoms with Gasteiger partial charge in [-0.15, -0.1) is 0 Å². The third-order valence-electron chi connectivity index (χ3n) is 8.65. The summed E-state index contributed by atoms with van der Waals surface area (Å²) in [7, 11) is 0. The van der Waals surface area contributed by atoms with Crippen molar-refractivity contribution in [1.29, 1.82) is 0 Å². The first-order valence-corrected chi connectivity index (χ1v) is 11.0. The molecule has 2 unspecified atom stereocenters. The van der Waals surface area contributed by atoms with Crippen LogP contribution in [0.25, 0.3) is 10.4 Å². The number of aliphatic hydroxyl groups is 1. The summed E-state index contributed by atoms with van der Waals surface area (Å²) in [4.78, 5) is 14.4. The van der Waals surface area contributed by atoms with Crippen LogP contribution in [-0.2, 0) is 9.53 Å². The molecule has 0 aliphatic heterocycles. The molecule has 0 aromatic heterocycles. The Morgan fingerprint density at radius 2 is 2.00 bits per heavy atom. The maximum absolute atomic E-state index is 13.7. The number of halogens is 2. The van der Waals surface area contributed by atoms with Gasteiger partial charge in [0.25, 0.3) is 6.08 Å². The van der Waals surface area contributed by atoms with Crippen LogP contribution in [0.2, 0.25) is 0 Å². The number of fused-ring (bicyclic) bond motifs is 1. The molecule has 0 aromatic rings. The summed E-state index contributed by atoms with van der Waals surface area (Å²) < 4.78 is 32.7. The Morgan fingerprint density at radius 1 is 1.27 bits per heavy atom. The summed E-state index contributed by atoms with van der Waals surface area (Å²) in [5.74, 6) is -0.158. The van der Waals surface area contributed by atoms with Crippen molar-refractivity contribution < 1.29 is 23.4 Å². The molecule has 0 heterocycles. The molecule has 0 saturated heterocycles. The predicted octanol–water partition coefficient (Wildman–Crippen LogP) is 5.62. The molecular weight excluding hydrogens is 392 g/mol. The number of hydrogen-bond donors (Lipinski definition) is 1. The van der Waals surface area contributed by atoms with Crippen molar-refractivity contribution in [3.8, 4) is 0 Å². The summed E-state index contributed by atoms with van der Waals surface area (Å²) >= 11 is 0. The molecule has 0 aromatic carbocycles. The summed E-state index contributed by atoms with van der Waals surface area (Å²) in [5, 5.41) is 14.2. The molecule has 0 amide bonds. The highest BCUT2D eigenvalue weighted by Crippen LogP contribution is 2.64. The standard InChI is InChI=1S/C22H33F2N3O3/c1-13(28)30-12-14-10-15(29)6-8-21(14,2)18-7-9-22(3)17(16(18)11-26-27-25)4-5-19(22)20(23)24/h14-18,29H,4-12H2,1-3H3/t14-,15+,16+,17?,18?,21+,22+/m1/s1. The number of allylic oxidation sites excluding steroid dienone is 1. The second-order valence-corrected chi connectivity index (χ2v) is 9.96. The van der Waals surface area contributed by atoms with E-state index in [1.807, 2.05) is 6.92 Å². The van der Waals surface area contributed by atoms with E-state index in [2.05, 4.69) is 16.9 Å². The molecule has 0 radical (unpaired) electrons. The molecule has 6 nitrogen and oxygen atoms in total. The van der Waals surface area contributed by atoms with Crippen LogP contribution in [0, 0.1) is 34.5 Å². The zero-order chi connectivity index (χ0) is 22.1. The molecule has 168 valence electrons. The zero-order valence-corrected chi connectivity index (χ0v) is 18.1. The van der Waals surface area contributed by atoms with E-state index in [0.29, 0.717) is 38.6 Å². The molecule has 1 N–H and O–H groups in total. The predicted molar refractivity (Wildman–Crippen MR) is 108 cm³/mol. The molecule has 0 spiro atoms. The van der Waals surface area contributed by atoms with Crippen LogP contribution in [0.4, 0.5) is 8.78 Å². The lowest BCUT2D eigenvalue weighted by Gasteiger charge is -2.56. The monoisotopic (exact) mass is 425 g/mol. The molecule has 3 saturated carbocycles. The first kappa shape index (κ1) is 23.0. The second kappa shape index (κ2) is 8.83. The van der Waals surface area contributed by atoms with Gasteiger partial charge in [0.15, 0.2) is 0 Å². The van der Waals surface area contributed by atoms with Crippen LogP contribution >= 0.6 is 0 Å². The van der Waals surface area contributed by atoms with Crippen molar-refractivity contribution in [2.75, 3.05) is 13.2 Å². The maximum Gasteiger partial charge on any atom is 0.302 e. The van der Waals surface area contributed by atoms with Crippen LogP contribution in [-0.4, -0.2) is 30.3 Å². The van der Waals surface area contributed by atoms with E-state index in [0.717, 1.165) is 12.8 Å². The fourth-order valence-electron chi connectivity index (χ4n) is 6.98. The SMILES string of the molecule is CC(=O)OC[C@H]1C[C@@H](O)CC[C@]1(C)C1CC[C@]2(C)C(=C(F)F)CCC2[C@@H]1CN=[N+]=[N-]. The topological polar surface area (TPSA) is 95.3 Å². The second-order valence-electron chi connectivity index (χ2n) is 9.96. The van der Waals surface area contributed by atoms with Gasteiger partial charge in [-0.05, 0) is 79.1 Å². The highest BCUT2D eigenvalue weighted by atomic mass is 19.3. The van der Waals surface area contributed by atoms with Crippen molar-refractivity contribution in [2.24, 2.45) is 39.6 Å². The van der Waals surface area contributed by atoms with E-state index < -0.39 is 17.6 Å². The third-order valence-corrected chi connectivity index (χ3v) is 8.65. The molecule has 3 aliphatic rings. The van der Waals surface area contributed by atoms with Gasteiger partial charge in [0.05, 0.1) is 12.7 Å². The summed E-state index contributed by atoms with van der Waals surface area (Å²) in [5.41, 5.74) is 8.48. The molecular formula is C22H33F2N3O3. The Balaban J connectivity index is 1.95. The summed E-state index contributed by atoms with van der Waals surface area (Å²) in [6, 6.07) is 0. The average molecular weight is 426 g/mol. The summed E-state index contributed by atoms with van der Waals surface area (Å²) in [6.07, 6.45) is 2.55. The quantitative estimate of drug-likeness (QED) is 0.268. The minimum atomic E-state index is -1.55. The number of azide groups is 1. The number of esters is 1. The Bertz CT molecular complexity index is 750. The first-order chi connectivity index (χ1) is 14.1. The van der Waals surface area contributed by atoms with Crippen LogP contribution in [0.3, 0.4) is 0 Å². The van der Waals surface area contributed by atoms with Gasteiger partial charge in [-0.3, -0.25) is 4.79 Å². The van der Waals surface area contributed by atoms with Crippen LogP contribution < -0.4 is 0 Å². The van der Waals surface area contributed by atoms with E-state index in [9.17, 15) is 18.7 Å². The number of carbonyl (C=O) groups excluding carboxylic acids is 1. The van der Waals surface area contributed by atoms with Crippen LogP contribution in [0.15, 0.2) is 16.8 Å². The maximum atomic E-state index is 13.7. The van der Waals surface area contributed by atoms with Crippen molar-refractivity contribution in [3.63, 3.8) is 0 Å². The lowest BCUT2D eigenvalue weighted by Crippen LogP contribution is -2.52. The third kappa shape index (κ3) is 4.09. The number of carbonyl (C=O) groups is 1. The van der Waals surface area contributed by atoms with Gasteiger partial charge in [0, 0.05) is 29.9 Å². The fourth-order valence-corrected chi connectivity index (χ4v) is 6.98. The highest BCUT2D eigenvalue weighted by Gasteiger charge is 2.57. The first-order valence-electron chi connectivity index (χ1n) is 11.0. The van der Waals surface area contributed by atoms with Gasteiger partial charge in [-0.2, -0.15) is 8.78 Å². The molecule has 3 rings (SSSR count). The molecule has 3 fully saturated rings. The number of ether oxygens (including phenoxy) is 1. The van der Waals surface area contributed by atoms with Gasteiger partial charge in [-0.25, -0.2) is 0 Å². The average Bonchev–Trinajstić information content (AvgIpc) is 3.04. The summed E-state index contributed by atoms with van der Waals surface area (Å²) in [6.45, 7) is 6.05. The highest BCUT2D eigenvalue weighted by molar-refractivity contribution is 5.65. The Labute approximate surface area is 176 Å². The minimum Gasteiger partial charge on any atom is -0.466 e. The van der Waals surface area contributed by atoms with E-state index in [4.69, 9.17) is 10.3 Å². The minimum absolute atomic E-state index is 0.00318. The van der Waals surface area contributed by atoms with Gasteiger partial charge in [0.1, 0.15) is 0 Å². The molecule has 0 bridgehead atoms. The van der Waals surface area contributed by atoms with E-state index in [1.165, 1.54) is 6.92 Å². The smallest absolute Gasteiger partial charge is 0.302 e. The molecule has 7 atom stereocenters. The van der Waals surface area contributed by atoms with Crippen LogP contribution in [0.5, 0.6) is 0 Å². The molecule has 3 aliphatic carbocycles. The Morgan fingerprint density at radius 3 is 2.63 bits per heavy atom.